The maximum Gasteiger partial charge on any atom is 0.459 e. The summed E-state index contributed by atoms with van der Waals surface area (Å²) in [5.41, 5.74) is 4.46. The number of rotatable bonds is 10. The summed E-state index contributed by atoms with van der Waals surface area (Å²) in [6.45, 7) is 0.668. The van der Waals surface area contributed by atoms with Crippen molar-refractivity contribution in [1.82, 2.24) is 19.7 Å². The predicted molar refractivity (Wildman–Crippen MR) is 148 cm³/mol. The smallest absolute Gasteiger partial charge is 0.459 e. The largest absolute Gasteiger partial charge is 0.461 e. The average molecular weight is 601 g/mol. The topological polar surface area (TPSA) is 204 Å². The monoisotopic (exact) mass is 600 g/mol. The zero-order valence-electron chi connectivity index (χ0n) is 22.9. The Labute approximate surface area is 241 Å². The molecule has 0 radical (unpaired) electrons. The molecule has 42 heavy (non-hydrogen) atoms. The van der Waals surface area contributed by atoms with E-state index in [-0.39, 0.29) is 17.7 Å². The van der Waals surface area contributed by atoms with Gasteiger partial charge in [0.05, 0.1) is 5.69 Å². The zero-order chi connectivity index (χ0) is 29.9. The van der Waals surface area contributed by atoms with Crippen LogP contribution in [0, 0.1) is 11.3 Å². The predicted octanol–water partition coefficient (Wildman–Crippen LogP) is 2.42. The van der Waals surface area contributed by atoms with Gasteiger partial charge in [0, 0.05) is 0 Å². The third-order valence-electron chi connectivity index (χ3n) is 7.40. The lowest BCUT2D eigenvalue weighted by atomic mass is 9.96. The molecule has 1 saturated heterocycles. The Morgan fingerprint density at radius 2 is 2.00 bits per heavy atom. The van der Waals surface area contributed by atoms with E-state index in [0.717, 1.165) is 32.1 Å². The second-order valence-corrected chi connectivity index (χ2v) is 12.1. The normalized spacial score (nSPS) is 26.8. The van der Waals surface area contributed by atoms with E-state index in [1.165, 1.54) is 29.9 Å². The van der Waals surface area contributed by atoms with Crippen LogP contribution in [-0.2, 0) is 23.4 Å². The third kappa shape index (κ3) is 6.12. The van der Waals surface area contributed by atoms with E-state index >= 15 is 0 Å². The van der Waals surface area contributed by atoms with Crippen LogP contribution in [0.4, 0.5) is 5.82 Å². The number of hydrogen-bond donors (Lipinski definition) is 4. The Morgan fingerprint density at radius 1 is 1.26 bits per heavy atom. The van der Waals surface area contributed by atoms with Crippen molar-refractivity contribution in [2.45, 2.75) is 75.1 Å². The molecule has 15 heteroatoms. The van der Waals surface area contributed by atoms with E-state index in [1.54, 1.807) is 30.3 Å². The van der Waals surface area contributed by atoms with Crippen LogP contribution in [0.5, 0.6) is 5.75 Å². The molecule has 5 rings (SSSR count). The lowest BCUT2D eigenvalue weighted by Crippen LogP contribution is -2.46. The molecule has 2 fully saturated rings. The molecule has 5 N–H and O–H groups in total. The van der Waals surface area contributed by atoms with Crippen molar-refractivity contribution in [2.75, 3.05) is 12.3 Å². The van der Waals surface area contributed by atoms with Crippen LogP contribution in [-0.4, -0.2) is 67.3 Å². The van der Waals surface area contributed by atoms with E-state index in [1.807, 2.05) is 6.07 Å². The number of para-hydroxylation sites is 1. The number of nitriles is 1. The molecule has 224 valence electrons. The molecular formula is C27H33N6O8P. The first-order valence-electron chi connectivity index (χ1n) is 13.7. The molecule has 2 aromatic heterocycles. The molecule has 1 aromatic carbocycles. The molecule has 2 aliphatic rings. The number of aromatic nitrogens is 3. The quantitative estimate of drug-likeness (QED) is 0.195. The molecule has 14 nitrogen and oxygen atoms in total. The van der Waals surface area contributed by atoms with Gasteiger partial charge in [0.1, 0.15) is 60.7 Å². The summed E-state index contributed by atoms with van der Waals surface area (Å²) in [6, 6.07) is 12.0. The highest BCUT2D eigenvalue weighted by Crippen LogP contribution is 2.48. The van der Waals surface area contributed by atoms with Crippen LogP contribution in [0.1, 0.15) is 50.8 Å². The molecule has 0 bridgehead atoms. The number of nitrogens with zero attached hydrogens (tertiary/aromatic N) is 4. The summed E-state index contributed by atoms with van der Waals surface area (Å²) >= 11 is 0. The summed E-state index contributed by atoms with van der Waals surface area (Å²) in [6.07, 6.45) is 0.914. The number of carbonyl (C=O) groups is 1. The number of nitrogen functional groups attached to an aromatic ring is 1. The van der Waals surface area contributed by atoms with Crippen LogP contribution < -0.4 is 15.3 Å². The van der Waals surface area contributed by atoms with Gasteiger partial charge in [0.15, 0.2) is 5.82 Å². The van der Waals surface area contributed by atoms with Gasteiger partial charge in [-0.2, -0.15) is 15.4 Å². The number of nitrogens with one attached hydrogen (secondary N) is 1. The number of aliphatic hydroxyl groups is 2. The van der Waals surface area contributed by atoms with Gasteiger partial charge in [0.25, 0.3) is 0 Å². The number of esters is 1. The molecular weight excluding hydrogens is 567 g/mol. The maximum absolute atomic E-state index is 14.0. The van der Waals surface area contributed by atoms with Gasteiger partial charge >= 0.3 is 13.7 Å². The highest BCUT2D eigenvalue weighted by atomic mass is 31.2. The molecule has 0 amide bonds. The Balaban J connectivity index is 1.35. The van der Waals surface area contributed by atoms with Crippen LogP contribution >= 0.6 is 7.75 Å². The van der Waals surface area contributed by atoms with Crippen LogP contribution in [0.3, 0.4) is 0 Å². The fourth-order valence-electron chi connectivity index (χ4n) is 5.11. The number of ether oxygens (including phenoxy) is 2. The summed E-state index contributed by atoms with van der Waals surface area (Å²) in [5, 5.41) is 38.7. The molecule has 1 aliphatic heterocycles. The highest BCUT2D eigenvalue weighted by Gasteiger charge is 2.57. The number of hydrogen-bond acceptors (Lipinski definition) is 12. The molecule has 1 unspecified atom stereocenters. The van der Waals surface area contributed by atoms with Crippen molar-refractivity contribution in [3.05, 3.63) is 54.5 Å². The lowest BCUT2D eigenvalue weighted by molar-refractivity contribution is -0.152. The number of aliphatic hydroxyl groups excluding tert-OH is 2. The van der Waals surface area contributed by atoms with Crippen LogP contribution in [0.2, 0.25) is 0 Å². The molecule has 1 aliphatic carbocycles. The zero-order valence-corrected chi connectivity index (χ0v) is 23.8. The number of anilines is 1. The fourth-order valence-corrected chi connectivity index (χ4v) is 6.63. The summed E-state index contributed by atoms with van der Waals surface area (Å²) in [5.74, 6) is -0.290. The maximum atomic E-state index is 14.0. The number of fused-ring (bicyclic) bond motifs is 1. The first-order chi connectivity index (χ1) is 20.1. The van der Waals surface area contributed by atoms with E-state index in [0.29, 0.717) is 11.2 Å². The van der Waals surface area contributed by atoms with Crippen molar-refractivity contribution in [3.63, 3.8) is 0 Å². The number of carbonyl (C=O) groups excluding carboxylic acids is 1. The van der Waals surface area contributed by atoms with Crippen molar-refractivity contribution in [3.8, 4) is 11.8 Å². The van der Waals surface area contributed by atoms with Gasteiger partial charge in [0.2, 0.25) is 5.60 Å². The minimum atomic E-state index is -4.40. The first-order valence-corrected chi connectivity index (χ1v) is 15.2. The van der Waals surface area contributed by atoms with Crippen molar-refractivity contribution in [1.29, 1.82) is 5.26 Å². The molecule has 3 heterocycles. The Bertz CT molecular complexity index is 1490. The first kappa shape index (κ1) is 29.9. The van der Waals surface area contributed by atoms with E-state index in [2.05, 4.69) is 15.2 Å². The molecule has 1 saturated carbocycles. The fraction of sp³-hybridized carbons (Fsp3) is 0.481. The van der Waals surface area contributed by atoms with Gasteiger partial charge in [-0.3, -0.25) is 9.32 Å². The SMILES string of the molecule is C[C@H](NP(=O)(OC[C@@]1(C#N)O[C@@H](c2ccc3c(N)ncnn23)[C@H](O)[C@@H]1O)Oc1ccccc1)C(=O)OC1CCCCC1. The third-order valence-corrected chi connectivity index (χ3v) is 9.02. The van der Waals surface area contributed by atoms with Crippen LogP contribution in [0.15, 0.2) is 48.8 Å². The second kappa shape index (κ2) is 12.3. The van der Waals surface area contributed by atoms with Gasteiger partial charge in [-0.15, -0.1) is 0 Å². The van der Waals surface area contributed by atoms with Gasteiger partial charge in [-0.25, -0.2) is 14.1 Å². The Kier molecular flexibility index (Phi) is 8.79. The Morgan fingerprint density at radius 3 is 2.71 bits per heavy atom. The van der Waals surface area contributed by atoms with Gasteiger partial charge in [-0.05, 0) is 56.9 Å². The molecule has 6 atom stereocenters. The van der Waals surface area contributed by atoms with E-state index in [4.69, 9.17) is 24.3 Å². The Hall–Kier alpha value is -3.57. The van der Waals surface area contributed by atoms with Gasteiger partial charge < -0.3 is 29.9 Å². The minimum Gasteiger partial charge on any atom is -0.461 e. The highest BCUT2D eigenvalue weighted by molar-refractivity contribution is 7.52. The molecule has 3 aromatic rings. The molecule has 0 spiro atoms. The van der Waals surface area contributed by atoms with Crippen LogP contribution in [0.25, 0.3) is 5.52 Å². The summed E-state index contributed by atoms with van der Waals surface area (Å²) < 4.78 is 38.2. The number of benzene rings is 1. The number of nitrogens with two attached hydrogens (primary N) is 1. The standard InChI is InChI=1S/C27H33N6O8P/c1-17(26(36)39-18-8-4-2-5-9-18)32-42(37,41-19-10-6-3-7-11-19)38-15-27(14-28)24(35)22(34)23(40-27)20-12-13-21-25(29)30-16-31-33(20)21/h3,6-7,10-13,16-18,22-24,34-35H,2,4-5,8-9,15H2,1H3,(H,32,37)(H2,29,30,31)/t17-,22-,23-,24-,27+,42?/m0/s1. The average Bonchev–Trinajstić information content (AvgIpc) is 3.53. The minimum absolute atomic E-state index is 0.162. The van der Waals surface area contributed by atoms with Crippen molar-refractivity contribution >= 4 is 25.1 Å². The van der Waals surface area contributed by atoms with Crippen molar-refractivity contribution < 1.29 is 38.1 Å². The van der Waals surface area contributed by atoms with E-state index < -0.39 is 50.3 Å². The summed E-state index contributed by atoms with van der Waals surface area (Å²) in [7, 11) is -4.40. The second-order valence-electron chi connectivity index (χ2n) is 10.4. The van der Waals surface area contributed by atoms with E-state index in [9.17, 15) is 24.8 Å². The van der Waals surface area contributed by atoms with Crippen molar-refractivity contribution in [2.24, 2.45) is 0 Å². The lowest BCUT2D eigenvalue weighted by Gasteiger charge is -2.29. The summed E-state index contributed by atoms with van der Waals surface area (Å²) in [4.78, 5) is 16.8. The van der Waals surface area contributed by atoms with Gasteiger partial charge in [-0.1, -0.05) is 24.6 Å².